The summed E-state index contributed by atoms with van der Waals surface area (Å²) in [5, 5.41) is 3.38. The maximum atomic E-state index is 4.72. The van der Waals surface area contributed by atoms with Crippen molar-refractivity contribution in [2.45, 2.75) is 0 Å². The number of aromatic nitrogens is 1. The van der Waals surface area contributed by atoms with Crippen LogP contribution >= 0.6 is 0 Å². The minimum absolute atomic E-state index is 0.789. The Labute approximate surface area is 123 Å². The van der Waals surface area contributed by atoms with Crippen molar-refractivity contribution < 1.29 is 0 Å². The molecule has 0 bridgehead atoms. The summed E-state index contributed by atoms with van der Waals surface area (Å²) in [5.74, 6) is 0.789. The maximum absolute atomic E-state index is 4.72. The van der Waals surface area contributed by atoms with Crippen LogP contribution in [0.2, 0.25) is 0 Å². The van der Waals surface area contributed by atoms with Crippen molar-refractivity contribution in [3.8, 4) is 11.3 Å². The first-order valence-electron chi connectivity index (χ1n) is 6.87. The third-order valence-electron chi connectivity index (χ3n) is 3.50. The lowest BCUT2D eigenvalue weighted by Crippen LogP contribution is -1.96. The van der Waals surface area contributed by atoms with Crippen molar-refractivity contribution in [2.24, 2.45) is 4.99 Å². The van der Waals surface area contributed by atoms with Crippen molar-refractivity contribution in [1.82, 2.24) is 4.98 Å². The van der Waals surface area contributed by atoms with Gasteiger partial charge in [0.15, 0.2) is 5.82 Å². The monoisotopic (exact) mass is 271 g/mol. The Balaban J connectivity index is 1.82. The average Bonchev–Trinajstić information content (AvgIpc) is 2.74. The number of fused-ring (bicyclic) bond motifs is 2. The molecule has 3 nitrogen and oxygen atoms in total. The number of hydrogen-bond donors (Lipinski definition) is 1. The van der Waals surface area contributed by atoms with Crippen molar-refractivity contribution >= 4 is 23.4 Å². The second-order valence-corrected chi connectivity index (χ2v) is 4.90. The van der Waals surface area contributed by atoms with Gasteiger partial charge in [-0.3, -0.25) is 4.99 Å². The fourth-order valence-electron chi connectivity index (χ4n) is 2.41. The molecule has 0 saturated carbocycles. The Morgan fingerprint density at radius 2 is 1.57 bits per heavy atom. The number of rotatable bonds is 1. The molecule has 4 rings (SSSR count). The highest BCUT2D eigenvalue weighted by Crippen LogP contribution is 2.32. The number of pyridine rings is 1. The molecule has 3 aromatic rings. The minimum atomic E-state index is 0.789. The lowest BCUT2D eigenvalue weighted by Gasteiger charge is -2.09. The molecule has 1 aromatic heterocycles. The second kappa shape index (κ2) is 4.87. The quantitative estimate of drug-likeness (QED) is 0.551. The fourth-order valence-corrected chi connectivity index (χ4v) is 2.41. The summed E-state index contributed by atoms with van der Waals surface area (Å²) in [5.41, 5.74) is 4.99. The Morgan fingerprint density at radius 3 is 2.48 bits per heavy atom. The van der Waals surface area contributed by atoms with Crippen LogP contribution in [0.3, 0.4) is 0 Å². The highest BCUT2D eigenvalue weighted by molar-refractivity contribution is 5.94. The number of anilines is 2. The third kappa shape index (κ3) is 2.19. The molecule has 2 heterocycles. The molecule has 0 saturated heterocycles. The van der Waals surface area contributed by atoms with Crippen molar-refractivity contribution in [3.63, 3.8) is 0 Å². The van der Waals surface area contributed by atoms with Crippen LogP contribution in [-0.4, -0.2) is 11.2 Å². The molecule has 2 aromatic carbocycles. The van der Waals surface area contributed by atoms with Gasteiger partial charge in [0.2, 0.25) is 0 Å². The zero-order valence-electron chi connectivity index (χ0n) is 11.3. The number of para-hydroxylation sites is 1. The van der Waals surface area contributed by atoms with E-state index >= 15 is 0 Å². The Kier molecular flexibility index (Phi) is 2.75. The van der Waals surface area contributed by atoms with E-state index in [1.807, 2.05) is 60.8 Å². The van der Waals surface area contributed by atoms with Gasteiger partial charge in [-0.1, -0.05) is 48.5 Å². The largest absolute Gasteiger partial charge is 0.338 e. The molecular formula is C18H13N3. The molecule has 100 valence electrons. The molecule has 0 aliphatic carbocycles. The van der Waals surface area contributed by atoms with Gasteiger partial charge in [-0.2, -0.15) is 0 Å². The summed E-state index contributed by atoms with van der Waals surface area (Å²) in [6.07, 6.45) is 1.87. The first-order valence-corrected chi connectivity index (χ1v) is 6.87. The zero-order chi connectivity index (χ0) is 14.1. The SMILES string of the molecule is C1=Nc2ccc(-c3ccccc3)nc2Nc2ccccc21. The van der Waals surface area contributed by atoms with Crippen LogP contribution in [0.1, 0.15) is 5.56 Å². The number of nitrogens with one attached hydrogen (secondary N) is 1. The van der Waals surface area contributed by atoms with Gasteiger partial charge in [0, 0.05) is 23.0 Å². The van der Waals surface area contributed by atoms with E-state index in [4.69, 9.17) is 4.98 Å². The highest BCUT2D eigenvalue weighted by Gasteiger charge is 2.11. The van der Waals surface area contributed by atoms with E-state index in [9.17, 15) is 0 Å². The van der Waals surface area contributed by atoms with E-state index in [1.165, 1.54) is 0 Å². The molecule has 0 atom stereocenters. The number of hydrogen-bond acceptors (Lipinski definition) is 3. The summed E-state index contributed by atoms with van der Waals surface area (Å²) in [6, 6.07) is 22.2. The van der Waals surface area contributed by atoms with E-state index in [2.05, 4.69) is 22.4 Å². The molecule has 0 fully saturated rings. The lowest BCUT2D eigenvalue weighted by molar-refractivity contribution is 1.30. The van der Waals surface area contributed by atoms with Crippen LogP contribution in [-0.2, 0) is 0 Å². The van der Waals surface area contributed by atoms with Gasteiger partial charge in [0.05, 0.1) is 5.69 Å². The van der Waals surface area contributed by atoms with Gasteiger partial charge < -0.3 is 5.32 Å². The predicted molar refractivity (Wildman–Crippen MR) is 86.7 cm³/mol. The van der Waals surface area contributed by atoms with Crippen LogP contribution < -0.4 is 5.32 Å². The molecule has 21 heavy (non-hydrogen) atoms. The second-order valence-electron chi connectivity index (χ2n) is 4.90. The van der Waals surface area contributed by atoms with Gasteiger partial charge >= 0.3 is 0 Å². The van der Waals surface area contributed by atoms with E-state index in [-0.39, 0.29) is 0 Å². The van der Waals surface area contributed by atoms with Crippen molar-refractivity contribution in [2.75, 3.05) is 5.32 Å². The van der Waals surface area contributed by atoms with Gasteiger partial charge in [0.1, 0.15) is 5.69 Å². The maximum Gasteiger partial charge on any atom is 0.157 e. The molecular weight excluding hydrogens is 258 g/mol. The van der Waals surface area contributed by atoms with Crippen molar-refractivity contribution in [3.05, 3.63) is 72.3 Å². The molecule has 1 N–H and O–H groups in total. The smallest absolute Gasteiger partial charge is 0.157 e. The number of benzene rings is 2. The van der Waals surface area contributed by atoms with Crippen LogP contribution in [0.15, 0.2) is 71.7 Å². The van der Waals surface area contributed by atoms with Crippen LogP contribution in [0.25, 0.3) is 11.3 Å². The summed E-state index contributed by atoms with van der Waals surface area (Å²) < 4.78 is 0. The summed E-state index contributed by atoms with van der Waals surface area (Å²) in [7, 11) is 0. The first-order chi connectivity index (χ1) is 10.4. The molecule has 0 amide bonds. The average molecular weight is 271 g/mol. The van der Waals surface area contributed by atoms with E-state index < -0.39 is 0 Å². The molecule has 0 spiro atoms. The first kappa shape index (κ1) is 11.9. The number of aliphatic imine (C=N–C) groups is 1. The fraction of sp³-hybridized carbons (Fsp3) is 0. The normalized spacial score (nSPS) is 12.0. The van der Waals surface area contributed by atoms with E-state index in [1.54, 1.807) is 0 Å². The summed E-state index contributed by atoms with van der Waals surface area (Å²) in [6.45, 7) is 0. The molecule has 0 radical (unpaired) electrons. The topological polar surface area (TPSA) is 37.3 Å². The summed E-state index contributed by atoms with van der Waals surface area (Å²) in [4.78, 5) is 9.23. The molecule has 0 unspecified atom stereocenters. The van der Waals surface area contributed by atoms with E-state index in [0.29, 0.717) is 0 Å². The van der Waals surface area contributed by atoms with Crippen molar-refractivity contribution in [1.29, 1.82) is 0 Å². The standard InChI is InChI=1S/C18H13N3/c1-2-6-13(7-3-1)16-10-11-17-18(21-16)20-15-9-5-4-8-14(15)12-19-17/h1-12H,(H,20,21). The third-order valence-corrected chi connectivity index (χ3v) is 3.50. The minimum Gasteiger partial charge on any atom is -0.338 e. The van der Waals surface area contributed by atoms with Gasteiger partial charge in [-0.15, -0.1) is 0 Å². The Morgan fingerprint density at radius 1 is 0.762 bits per heavy atom. The molecule has 1 aliphatic heterocycles. The van der Waals surface area contributed by atoms with Crippen LogP contribution in [0.4, 0.5) is 17.2 Å². The van der Waals surface area contributed by atoms with Gasteiger partial charge in [0.25, 0.3) is 0 Å². The molecule has 3 heteroatoms. The number of nitrogens with zero attached hydrogens (tertiary/aromatic N) is 2. The van der Waals surface area contributed by atoms with Gasteiger partial charge in [-0.25, -0.2) is 4.98 Å². The highest BCUT2D eigenvalue weighted by atomic mass is 15.0. The van der Waals surface area contributed by atoms with Crippen LogP contribution in [0, 0.1) is 0 Å². The molecule has 1 aliphatic rings. The van der Waals surface area contributed by atoms with Gasteiger partial charge in [-0.05, 0) is 18.2 Å². The summed E-state index contributed by atoms with van der Waals surface area (Å²) >= 11 is 0. The lowest BCUT2D eigenvalue weighted by atomic mass is 10.1. The Bertz CT molecular complexity index is 823. The van der Waals surface area contributed by atoms with Crippen LogP contribution in [0.5, 0.6) is 0 Å². The Hall–Kier alpha value is -2.94. The van der Waals surface area contributed by atoms with E-state index in [0.717, 1.165) is 34.0 Å². The predicted octanol–water partition coefficient (Wildman–Crippen LogP) is 4.56. The zero-order valence-corrected chi connectivity index (χ0v) is 11.3.